The quantitative estimate of drug-likeness (QED) is 0.864. The fraction of sp³-hybridized carbons (Fsp3) is 0.273. The van der Waals surface area contributed by atoms with E-state index in [1.165, 1.54) is 12.1 Å². The van der Waals surface area contributed by atoms with Gasteiger partial charge in [-0.1, -0.05) is 0 Å². The minimum absolute atomic E-state index is 0.148. The van der Waals surface area contributed by atoms with Crippen LogP contribution < -0.4 is 5.32 Å². The van der Waals surface area contributed by atoms with Gasteiger partial charge in [0, 0.05) is 5.56 Å². The molecule has 0 bridgehead atoms. The lowest BCUT2D eigenvalue weighted by Crippen LogP contribution is -2.30. The van der Waals surface area contributed by atoms with Gasteiger partial charge in [-0.25, -0.2) is 4.39 Å². The number of carbonyl (C=O) groups excluding carboxylic acids is 2. The lowest BCUT2D eigenvalue weighted by molar-refractivity contribution is -0.141. The predicted molar refractivity (Wildman–Crippen MR) is 63.1 cm³/mol. The fourth-order valence-electron chi connectivity index (χ4n) is 1.10. The second-order valence-electron chi connectivity index (χ2n) is 3.12. The third kappa shape index (κ3) is 4.14. The number of rotatable bonds is 4. The first kappa shape index (κ1) is 13.6. The molecule has 4 nitrogen and oxygen atoms in total. The van der Waals surface area contributed by atoms with E-state index in [0.29, 0.717) is 0 Å². The molecular weight excluding hydrogens is 293 g/mol. The van der Waals surface area contributed by atoms with Crippen LogP contribution in [0.25, 0.3) is 0 Å². The Hall–Kier alpha value is -1.43. The Kier molecular flexibility index (Phi) is 5.09. The first-order valence-corrected chi connectivity index (χ1v) is 5.72. The van der Waals surface area contributed by atoms with E-state index in [1.807, 2.05) is 0 Å². The molecule has 17 heavy (non-hydrogen) atoms. The molecule has 0 saturated carbocycles. The van der Waals surface area contributed by atoms with E-state index in [0.717, 1.165) is 6.07 Å². The maximum absolute atomic E-state index is 13.1. The molecule has 0 aliphatic heterocycles. The second-order valence-corrected chi connectivity index (χ2v) is 3.97. The van der Waals surface area contributed by atoms with Crippen molar-refractivity contribution in [3.63, 3.8) is 0 Å². The van der Waals surface area contributed by atoms with Gasteiger partial charge in [-0.2, -0.15) is 0 Å². The highest BCUT2D eigenvalue weighted by atomic mass is 79.9. The number of ether oxygens (including phenoxy) is 1. The Bertz CT molecular complexity index is 437. The van der Waals surface area contributed by atoms with Crippen LogP contribution in [0.15, 0.2) is 22.7 Å². The number of hydrogen-bond acceptors (Lipinski definition) is 3. The Labute approximate surface area is 106 Å². The lowest BCUT2D eigenvalue weighted by atomic mass is 10.2. The summed E-state index contributed by atoms with van der Waals surface area (Å²) in [5.41, 5.74) is 0.148. The van der Waals surface area contributed by atoms with Crippen LogP contribution in [0.2, 0.25) is 0 Å². The minimum atomic E-state index is -0.534. The van der Waals surface area contributed by atoms with Gasteiger partial charge in [0.1, 0.15) is 12.4 Å². The van der Waals surface area contributed by atoms with Crippen molar-refractivity contribution in [2.45, 2.75) is 6.92 Å². The summed E-state index contributed by atoms with van der Waals surface area (Å²) in [4.78, 5) is 22.5. The third-order valence-electron chi connectivity index (χ3n) is 1.88. The molecule has 0 heterocycles. The van der Waals surface area contributed by atoms with E-state index < -0.39 is 17.7 Å². The summed E-state index contributed by atoms with van der Waals surface area (Å²) in [6, 6.07) is 3.97. The van der Waals surface area contributed by atoms with E-state index in [9.17, 15) is 14.0 Å². The molecule has 0 fully saturated rings. The molecule has 1 aromatic rings. The largest absolute Gasteiger partial charge is 0.465 e. The summed E-state index contributed by atoms with van der Waals surface area (Å²) in [7, 11) is 0. The Balaban J connectivity index is 2.58. The number of benzene rings is 1. The van der Waals surface area contributed by atoms with Crippen molar-refractivity contribution in [3.8, 4) is 0 Å². The molecule has 0 unspecified atom stereocenters. The summed E-state index contributed by atoms with van der Waals surface area (Å²) >= 11 is 2.98. The maximum Gasteiger partial charge on any atom is 0.325 e. The first-order valence-electron chi connectivity index (χ1n) is 4.93. The SMILES string of the molecule is CCOC(=O)CNC(=O)c1ccc(Br)c(F)c1. The summed E-state index contributed by atoms with van der Waals surface area (Å²) in [5, 5.41) is 2.33. The van der Waals surface area contributed by atoms with Gasteiger partial charge >= 0.3 is 5.97 Å². The van der Waals surface area contributed by atoms with E-state index in [2.05, 4.69) is 26.0 Å². The van der Waals surface area contributed by atoms with Gasteiger partial charge in [-0.05, 0) is 41.1 Å². The van der Waals surface area contributed by atoms with Crippen molar-refractivity contribution in [1.82, 2.24) is 5.32 Å². The topological polar surface area (TPSA) is 55.4 Å². The highest BCUT2D eigenvalue weighted by molar-refractivity contribution is 9.10. The molecular formula is C11H11BrFNO3. The molecule has 1 rings (SSSR count). The van der Waals surface area contributed by atoms with Crippen LogP contribution in [-0.2, 0) is 9.53 Å². The standard InChI is InChI=1S/C11H11BrFNO3/c1-2-17-10(15)6-14-11(16)7-3-4-8(12)9(13)5-7/h3-5H,2,6H2,1H3,(H,14,16). The number of esters is 1. The Morgan fingerprint density at radius 3 is 2.76 bits per heavy atom. The normalized spacial score (nSPS) is 9.82. The van der Waals surface area contributed by atoms with Crippen LogP contribution in [0.1, 0.15) is 17.3 Å². The van der Waals surface area contributed by atoms with E-state index in [-0.39, 0.29) is 23.2 Å². The first-order chi connectivity index (χ1) is 8.04. The average Bonchev–Trinajstić information content (AvgIpc) is 2.30. The molecule has 0 radical (unpaired) electrons. The fourth-order valence-corrected chi connectivity index (χ4v) is 1.35. The molecule has 1 N–H and O–H groups in total. The minimum Gasteiger partial charge on any atom is -0.465 e. The third-order valence-corrected chi connectivity index (χ3v) is 2.52. The second kappa shape index (κ2) is 6.34. The molecule has 1 aromatic carbocycles. The Morgan fingerprint density at radius 1 is 1.47 bits per heavy atom. The van der Waals surface area contributed by atoms with Crippen LogP contribution >= 0.6 is 15.9 Å². The van der Waals surface area contributed by atoms with Gasteiger partial charge in [0.15, 0.2) is 0 Å². The van der Waals surface area contributed by atoms with Crippen LogP contribution in [-0.4, -0.2) is 25.0 Å². The van der Waals surface area contributed by atoms with Gasteiger partial charge in [-0.3, -0.25) is 9.59 Å². The zero-order chi connectivity index (χ0) is 12.8. The van der Waals surface area contributed by atoms with Crippen LogP contribution in [0, 0.1) is 5.82 Å². The monoisotopic (exact) mass is 303 g/mol. The molecule has 6 heteroatoms. The van der Waals surface area contributed by atoms with E-state index >= 15 is 0 Å². The van der Waals surface area contributed by atoms with Gasteiger partial charge < -0.3 is 10.1 Å². The van der Waals surface area contributed by atoms with Crippen LogP contribution in [0.4, 0.5) is 4.39 Å². The van der Waals surface area contributed by atoms with Gasteiger partial charge in [0.05, 0.1) is 11.1 Å². The zero-order valence-corrected chi connectivity index (χ0v) is 10.7. The van der Waals surface area contributed by atoms with Crippen molar-refractivity contribution in [1.29, 1.82) is 0 Å². The smallest absolute Gasteiger partial charge is 0.325 e. The molecule has 0 saturated heterocycles. The van der Waals surface area contributed by atoms with Crippen molar-refractivity contribution >= 4 is 27.8 Å². The predicted octanol–water partition coefficient (Wildman–Crippen LogP) is 1.88. The van der Waals surface area contributed by atoms with Crippen molar-refractivity contribution in [3.05, 3.63) is 34.1 Å². The highest BCUT2D eigenvalue weighted by Gasteiger charge is 2.10. The zero-order valence-electron chi connectivity index (χ0n) is 9.13. The molecule has 0 atom stereocenters. The number of halogens is 2. The molecule has 0 aromatic heterocycles. The molecule has 92 valence electrons. The summed E-state index contributed by atoms with van der Waals surface area (Å²) in [6.07, 6.45) is 0. The highest BCUT2D eigenvalue weighted by Crippen LogP contribution is 2.16. The van der Waals surface area contributed by atoms with Crippen molar-refractivity contribution in [2.75, 3.05) is 13.2 Å². The Morgan fingerprint density at radius 2 is 2.18 bits per heavy atom. The number of hydrogen-bond donors (Lipinski definition) is 1. The van der Waals surface area contributed by atoms with Gasteiger partial charge in [-0.15, -0.1) is 0 Å². The van der Waals surface area contributed by atoms with Crippen molar-refractivity contribution in [2.24, 2.45) is 0 Å². The summed E-state index contributed by atoms with van der Waals surface area (Å²) in [6.45, 7) is 1.69. The van der Waals surface area contributed by atoms with Gasteiger partial charge in [0.2, 0.25) is 0 Å². The number of carbonyl (C=O) groups is 2. The number of nitrogens with one attached hydrogen (secondary N) is 1. The molecule has 0 spiro atoms. The molecule has 0 aliphatic rings. The number of amides is 1. The molecule has 1 amide bonds. The van der Waals surface area contributed by atoms with Crippen LogP contribution in [0.5, 0.6) is 0 Å². The maximum atomic E-state index is 13.1. The van der Waals surface area contributed by atoms with E-state index in [4.69, 9.17) is 0 Å². The summed E-state index contributed by atoms with van der Waals surface area (Å²) in [5.74, 6) is -1.59. The molecule has 0 aliphatic carbocycles. The lowest BCUT2D eigenvalue weighted by Gasteiger charge is -2.05. The van der Waals surface area contributed by atoms with Gasteiger partial charge in [0.25, 0.3) is 5.91 Å². The van der Waals surface area contributed by atoms with E-state index in [1.54, 1.807) is 6.92 Å². The summed E-state index contributed by atoms with van der Waals surface area (Å²) < 4.78 is 18.1. The average molecular weight is 304 g/mol. The van der Waals surface area contributed by atoms with Crippen LogP contribution in [0.3, 0.4) is 0 Å². The van der Waals surface area contributed by atoms with Crippen molar-refractivity contribution < 1.29 is 18.7 Å².